The first-order valence-electron chi connectivity index (χ1n) is 15.3. The Bertz CT molecular complexity index is 2890. The third-order valence-electron chi connectivity index (χ3n) is 8.40. The van der Waals surface area contributed by atoms with E-state index in [2.05, 4.69) is 20.5 Å². The lowest BCUT2D eigenvalue weighted by atomic mass is 9.97. The van der Waals surface area contributed by atoms with Gasteiger partial charge in [0, 0.05) is 10.8 Å². The number of fused-ring (bicyclic) bond motifs is 2. The Morgan fingerprint density at radius 2 is 1.00 bits per heavy atom. The Morgan fingerprint density at radius 1 is 0.509 bits per heavy atom. The van der Waals surface area contributed by atoms with Crippen LogP contribution in [0.4, 0.5) is 22.7 Å². The number of rotatable bonds is 9. The summed E-state index contributed by atoms with van der Waals surface area (Å²) in [4.78, 5) is -1.76. The minimum absolute atomic E-state index is 0.0579. The normalized spacial score (nSPS) is 12.8. The number of phenolic OH excluding ortho intramolecular Hbond substituents is 2. The van der Waals surface area contributed by atoms with Crippen molar-refractivity contribution in [3.8, 4) is 11.5 Å². The number of hydrogen-bond donors (Lipinski definition) is 5. The van der Waals surface area contributed by atoms with Gasteiger partial charge in [-0.25, -0.2) is 0 Å². The summed E-state index contributed by atoms with van der Waals surface area (Å²) in [6.07, 6.45) is 0.519. The lowest BCUT2D eigenvalue weighted by Crippen LogP contribution is -2.00. The second-order valence-electron chi connectivity index (χ2n) is 12.0. The van der Waals surface area contributed by atoms with Crippen molar-refractivity contribution >= 4 is 74.6 Å². The topological polar surface area (TPSA) is 253 Å². The first-order chi connectivity index (χ1) is 24.8. The molecule has 0 aliphatic heterocycles. The average Bonchev–Trinajstić information content (AvgIpc) is 3.07. The van der Waals surface area contributed by atoms with Gasteiger partial charge in [0.25, 0.3) is 30.4 Å². The maximum atomic E-state index is 12.0. The van der Waals surface area contributed by atoms with Gasteiger partial charge in [0.2, 0.25) is 0 Å². The van der Waals surface area contributed by atoms with Crippen molar-refractivity contribution < 1.29 is 49.1 Å². The molecule has 6 rings (SSSR count). The molecule has 0 spiro atoms. The first-order valence-corrected chi connectivity index (χ1v) is 19.6. The molecule has 0 saturated carbocycles. The van der Waals surface area contributed by atoms with Gasteiger partial charge in [-0.1, -0.05) is 30.3 Å². The van der Waals surface area contributed by atoms with Crippen LogP contribution in [0.3, 0.4) is 0 Å². The SMILES string of the molecule is Cc1cc(/N=N/c2c(O)ccc3cc(S(=O)(=O)O)ccc23)ccc1Cc1ccc(/N=N/c2c(O)c(S(=O)(=O)O)cc3cc(S(=O)(=O)O)ccc23)cc1C. The summed E-state index contributed by atoms with van der Waals surface area (Å²) in [6.45, 7) is 3.75. The van der Waals surface area contributed by atoms with E-state index in [0.29, 0.717) is 28.6 Å². The molecule has 0 heterocycles. The van der Waals surface area contributed by atoms with Crippen molar-refractivity contribution in [1.82, 2.24) is 0 Å². The van der Waals surface area contributed by atoms with Gasteiger partial charge in [-0.3, -0.25) is 13.7 Å². The molecule has 0 aliphatic carbocycles. The summed E-state index contributed by atoms with van der Waals surface area (Å²) in [5.74, 6) is -1.07. The van der Waals surface area contributed by atoms with Gasteiger partial charge < -0.3 is 10.2 Å². The highest BCUT2D eigenvalue weighted by Crippen LogP contribution is 2.42. The highest BCUT2D eigenvalue weighted by atomic mass is 32.2. The molecule has 272 valence electrons. The van der Waals surface area contributed by atoms with Gasteiger partial charge in [0.15, 0.2) is 5.75 Å². The molecule has 0 saturated heterocycles. The number of phenols is 2. The fourth-order valence-corrected chi connectivity index (χ4v) is 7.28. The van der Waals surface area contributed by atoms with Gasteiger partial charge >= 0.3 is 0 Å². The molecule has 0 unspecified atom stereocenters. The summed E-state index contributed by atoms with van der Waals surface area (Å²) in [5, 5.41) is 38.7. The lowest BCUT2D eigenvalue weighted by Gasteiger charge is -2.11. The number of benzene rings is 6. The van der Waals surface area contributed by atoms with Crippen LogP contribution in [-0.2, 0) is 36.8 Å². The monoisotopic (exact) mass is 776 g/mol. The number of nitrogens with zero attached hydrogens (tertiary/aromatic N) is 4. The summed E-state index contributed by atoms with van der Waals surface area (Å²) >= 11 is 0. The molecular formula is C35H28N4O11S3. The van der Waals surface area contributed by atoms with E-state index in [1.807, 2.05) is 32.0 Å². The van der Waals surface area contributed by atoms with Crippen LogP contribution in [0.25, 0.3) is 21.5 Å². The zero-order chi connectivity index (χ0) is 38.5. The predicted octanol–water partition coefficient (Wildman–Crippen LogP) is 8.18. The Hall–Kier alpha value is -5.63. The van der Waals surface area contributed by atoms with E-state index in [-0.39, 0.29) is 32.8 Å². The van der Waals surface area contributed by atoms with E-state index < -0.39 is 45.9 Å². The molecule has 0 aromatic heterocycles. The van der Waals surface area contributed by atoms with E-state index in [9.17, 15) is 49.1 Å². The van der Waals surface area contributed by atoms with Crippen molar-refractivity contribution in [1.29, 1.82) is 0 Å². The molecule has 18 heteroatoms. The number of aryl methyl sites for hydroxylation is 2. The van der Waals surface area contributed by atoms with Gasteiger partial charge in [-0.05, 0) is 114 Å². The van der Waals surface area contributed by atoms with Crippen LogP contribution in [0, 0.1) is 13.8 Å². The Balaban J connectivity index is 1.24. The van der Waals surface area contributed by atoms with Crippen LogP contribution in [0.1, 0.15) is 22.3 Å². The molecule has 0 fully saturated rings. The third kappa shape index (κ3) is 7.92. The molecule has 5 N–H and O–H groups in total. The molecule has 0 amide bonds. The highest BCUT2D eigenvalue weighted by Gasteiger charge is 2.23. The molecule has 6 aromatic rings. The van der Waals surface area contributed by atoms with E-state index in [4.69, 9.17) is 0 Å². The molecule has 0 bridgehead atoms. The third-order valence-corrected chi connectivity index (χ3v) is 11.0. The molecular weight excluding hydrogens is 749 g/mol. The van der Waals surface area contributed by atoms with E-state index in [1.54, 1.807) is 18.2 Å². The average molecular weight is 777 g/mol. The number of azo groups is 2. The number of aromatic hydroxyl groups is 2. The van der Waals surface area contributed by atoms with Gasteiger partial charge in [-0.15, -0.1) is 10.2 Å². The summed E-state index contributed by atoms with van der Waals surface area (Å²) in [5.41, 5.74) is 4.22. The second kappa shape index (κ2) is 13.7. The van der Waals surface area contributed by atoms with Crippen LogP contribution in [-0.4, -0.2) is 49.1 Å². The van der Waals surface area contributed by atoms with E-state index in [0.717, 1.165) is 40.5 Å². The molecule has 53 heavy (non-hydrogen) atoms. The Morgan fingerprint density at radius 3 is 1.49 bits per heavy atom. The molecule has 15 nitrogen and oxygen atoms in total. The van der Waals surface area contributed by atoms with Gasteiger partial charge in [0.1, 0.15) is 22.0 Å². The zero-order valence-electron chi connectivity index (χ0n) is 27.6. The van der Waals surface area contributed by atoms with Crippen LogP contribution in [0.5, 0.6) is 11.5 Å². The molecule has 0 radical (unpaired) electrons. The van der Waals surface area contributed by atoms with Crippen molar-refractivity contribution in [3.05, 3.63) is 113 Å². The van der Waals surface area contributed by atoms with Crippen LogP contribution in [0.15, 0.2) is 126 Å². The van der Waals surface area contributed by atoms with E-state index >= 15 is 0 Å². The fraction of sp³-hybridized carbons (Fsp3) is 0.0857. The fourth-order valence-electron chi connectivity index (χ4n) is 5.64. The largest absolute Gasteiger partial charge is 0.506 e. The van der Waals surface area contributed by atoms with Crippen LogP contribution < -0.4 is 0 Å². The van der Waals surface area contributed by atoms with Crippen LogP contribution in [0.2, 0.25) is 0 Å². The second-order valence-corrected chi connectivity index (χ2v) is 16.2. The number of hydrogen-bond acceptors (Lipinski definition) is 12. The lowest BCUT2D eigenvalue weighted by molar-refractivity contribution is 0.445. The van der Waals surface area contributed by atoms with Gasteiger partial charge in [-0.2, -0.15) is 35.5 Å². The smallest absolute Gasteiger partial charge is 0.298 e. The Kier molecular flexibility index (Phi) is 9.62. The summed E-state index contributed by atoms with van der Waals surface area (Å²) in [7, 11) is -14.0. The van der Waals surface area contributed by atoms with Crippen molar-refractivity contribution in [2.24, 2.45) is 20.5 Å². The maximum Gasteiger partial charge on any atom is 0.298 e. The highest BCUT2D eigenvalue weighted by molar-refractivity contribution is 7.86. The minimum Gasteiger partial charge on any atom is -0.506 e. The minimum atomic E-state index is -4.97. The standard InChI is InChI=1S/C35H28N4O11S3/c1-19-13-25(36-38-33-29-10-8-27(51(42,43)44)16-23(29)5-12-31(33)40)6-3-21(19)15-22-4-7-26(14-20(22)2)37-39-34-30-11-9-28(52(45,46)47)17-24(30)18-32(35(34)41)53(48,49)50/h3-14,16-18,40-41H,15H2,1-2H3,(H,42,43,44)(H,45,46,47)(H,48,49,50)/b38-36+,39-37+. The summed E-state index contributed by atoms with van der Waals surface area (Å²) in [6, 6.07) is 21.4. The first kappa shape index (κ1) is 37.1. The quantitative estimate of drug-likeness (QED) is 0.0691. The van der Waals surface area contributed by atoms with Crippen LogP contribution >= 0.6 is 0 Å². The zero-order valence-corrected chi connectivity index (χ0v) is 30.0. The predicted molar refractivity (Wildman–Crippen MR) is 194 cm³/mol. The van der Waals surface area contributed by atoms with Crippen molar-refractivity contribution in [2.45, 2.75) is 35.0 Å². The summed E-state index contributed by atoms with van der Waals surface area (Å²) < 4.78 is 98.8. The Labute approximate surface area is 302 Å². The van der Waals surface area contributed by atoms with Gasteiger partial charge in [0.05, 0.1) is 21.2 Å². The molecule has 0 aliphatic rings. The maximum absolute atomic E-state index is 12.0. The molecule has 0 atom stereocenters. The van der Waals surface area contributed by atoms with E-state index in [1.165, 1.54) is 36.4 Å². The molecule has 6 aromatic carbocycles. The van der Waals surface area contributed by atoms with Crippen molar-refractivity contribution in [3.63, 3.8) is 0 Å². The van der Waals surface area contributed by atoms with Crippen molar-refractivity contribution in [2.75, 3.05) is 0 Å².